The highest BCUT2D eigenvalue weighted by molar-refractivity contribution is 5.72. The summed E-state index contributed by atoms with van der Waals surface area (Å²) in [4.78, 5) is 12.5. The van der Waals surface area contributed by atoms with Crippen LogP contribution in [0, 0.1) is 0 Å². The average Bonchev–Trinajstić information content (AvgIpc) is 2.03. The van der Waals surface area contributed by atoms with Crippen molar-refractivity contribution in [3.63, 3.8) is 0 Å². The predicted octanol–water partition coefficient (Wildman–Crippen LogP) is -0.847. The summed E-state index contributed by atoms with van der Waals surface area (Å²) in [5.74, 6) is -0.935. The highest BCUT2D eigenvalue weighted by Crippen LogP contribution is 2.05. The number of aliphatic carboxylic acids is 1. The van der Waals surface area contributed by atoms with Crippen LogP contribution in [0.3, 0.4) is 0 Å². The van der Waals surface area contributed by atoms with Gasteiger partial charge in [0.1, 0.15) is 0 Å². The summed E-state index contributed by atoms with van der Waals surface area (Å²) in [7, 11) is 0. The van der Waals surface area contributed by atoms with Crippen LogP contribution in [0.2, 0.25) is 0 Å². The topological polar surface area (TPSA) is 70.0 Å². The number of hydrogen-bond acceptors (Lipinski definition) is 4. The van der Waals surface area contributed by atoms with E-state index in [9.17, 15) is 4.79 Å². The Morgan fingerprint density at radius 3 is 3.00 bits per heavy atom. The van der Waals surface area contributed by atoms with Crippen LogP contribution in [0.15, 0.2) is 0 Å². The van der Waals surface area contributed by atoms with E-state index in [1.54, 1.807) is 6.92 Å². The second-order valence-corrected chi connectivity index (χ2v) is 3.31. The maximum absolute atomic E-state index is 10.6. The van der Waals surface area contributed by atoms with E-state index in [1.165, 1.54) is 0 Å². The summed E-state index contributed by atoms with van der Waals surface area (Å²) in [5, 5.41) is 17.8. The number of nitrogens with zero attached hydrogens (tertiary/aromatic N) is 1. The molecule has 0 saturated carbocycles. The number of rotatable bonds is 3. The molecule has 0 aromatic heterocycles. The van der Waals surface area contributed by atoms with Gasteiger partial charge in [-0.3, -0.25) is 4.90 Å². The minimum atomic E-state index is -0.935. The molecule has 0 aromatic carbocycles. The molecule has 2 unspecified atom stereocenters. The normalized spacial score (nSPS) is 27.1. The molecule has 1 saturated heterocycles. The Bertz CT molecular complexity index is 183. The fraction of sp³-hybridized carbons (Fsp3) is 0.875. The molecule has 0 amide bonds. The van der Waals surface area contributed by atoms with E-state index < -0.39 is 18.2 Å². The number of hydrogen-bond donors (Lipinski definition) is 2. The Morgan fingerprint density at radius 2 is 2.46 bits per heavy atom. The molecule has 1 heterocycles. The van der Waals surface area contributed by atoms with Crippen molar-refractivity contribution in [3.8, 4) is 0 Å². The van der Waals surface area contributed by atoms with Gasteiger partial charge >= 0.3 is 5.97 Å². The number of ether oxygens (including phenoxy) is 1. The SMILES string of the molecule is CC(O)CN1CCOC(C(=O)O)C1. The lowest BCUT2D eigenvalue weighted by atomic mass is 10.2. The number of aliphatic hydroxyl groups excluding tert-OH is 1. The molecule has 76 valence electrons. The monoisotopic (exact) mass is 189 g/mol. The highest BCUT2D eigenvalue weighted by atomic mass is 16.5. The highest BCUT2D eigenvalue weighted by Gasteiger charge is 2.26. The molecule has 1 aliphatic heterocycles. The summed E-state index contributed by atoms with van der Waals surface area (Å²) in [6, 6.07) is 0. The number of carbonyl (C=O) groups is 1. The van der Waals surface area contributed by atoms with Crippen molar-refractivity contribution in [2.75, 3.05) is 26.2 Å². The van der Waals surface area contributed by atoms with Gasteiger partial charge in [0.2, 0.25) is 0 Å². The van der Waals surface area contributed by atoms with Gasteiger partial charge in [-0.2, -0.15) is 0 Å². The first-order chi connectivity index (χ1) is 6.09. The predicted molar refractivity (Wildman–Crippen MR) is 45.5 cm³/mol. The molecule has 2 N–H and O–H groups in total. The smallest absolute Gasteiger partial charge is 0.334 e. The summed E-state index contributed by atoms with van der Waals surface area (Å²) in [6.07, 6.45) is -1.17. The van der Waals surface area contributed by atoms with Crippen molar-refractivity contribution in [3.05, 3.63) is 0 Å². The minimum absolute atomic E-state index is 0.361. The van der Waals surface area contributed by atoms with Crippen LogP contribution in [0.4, 0.5) is 0 Å². The standard InChI is InChI=1S/C8H15NO4/c1-6(10)4-9-2-3-13-7(5-9)8(11)12/h6-7,10H,2-5H2,1H3,(H,11,12). The van der Waals surface area contributed by atoms with Gasteiger partial charge in [-0.25, -0.2) is 4.79 Å². The summed E-state index contributed by atoms with van der Waals surface area (Å²) in [6.45, 7) is 3.66. The van der Waals surface area contributed by atoms with Gasteiger partial charge in [0.05, 0.1) is 12.7 Å². The van der Waals surface area contributed by atoms with Crippen molar-refractivity contribution < 1.29 is 19.7 Å². The first-order valence-corrected chi connectivity index (χ1v) is 4.34. The molecule has 1 aliphatic rings. The lowest BCUT2D eigenvalue weighted by Crippen LogP contribution is -2.48. The zero-order valence-corrected chi connectivity index (χ0v) is 7.64. The quantitative estimate of drug-likeness (QED) is 0.605. The van der Waals surface area contributed by atoms with Gasteiger partial charge in [0.25, 0.3) is 0 Å². The first kappa shape index (κ1) is 10.4. The van der Waals surface area contributed by atoms with Crippen LogP contribution in [0.5, 0.6) is 0 Å². The van der Waals surface area contributed by atoms with E-state index in [1.807, 2.05) is 4.90 Å². The zero-order chi connectivity index (χ0) is 9.84. The molecular weight excluding hydrogens is 174 g/mol. The molecule has 0 aromatic rings. The molecular formula is C8H15NO4. The molecule has 1 rings (SSSR count). The average molecular weight is 189 g/mol. The van der Waals surface area contributed by atoms with Crippen LogP contribution in [0.1, 0.15) is 6.92 Å². The Kier molecular flexibility index (Phi) is 3.65. The Labute approximate surface area is 76.9 Å². The van der Waals surface area contributed by atoms with Crippen molar-refractivity contribution in [2.24, 2.45) is 0 Å². The number of carboxylic acids is 1. The van der Waals surface area contributed by atoms with Gasteiger partial charge in [0, 0.05) is 19.6 Å². The van der Waals surface area contributed by atoms with Gasteiger partial charge in [-0.05, 0) is 6.92 Å². The van der Waals surface area contributed by atoms with Crippen molar-refractivity contribution in [1.29, 1.82) is 0 Å². The van der Waals surface area contributed by atoms with Crippen molar-refractivity contribution >= 4 is 5.97 Å². The Hall–Kier alpha value is -0.650. The van der Waals surface area contributed by atoms with Crippen molar-refractivity contribution in [2.45, 2.75) is 19.1 Å². The lowest BCUT2D eigenvalue weighted by molar-refractivity contribution is -0.156. The van der Waals surface area contributed by atoms with E-state index >= 15 is 0 Å². The van der Waals surface area contributed by atoms with E-state index in [0.29, 0.717) is 26.2 Å². The number of carboxylic acid groups (broad SMARTS) is 1. The molecule has 13 heavy (non-hydrogen) atoms. The van der Waals surface area contributed by atoms with Gasteiger partial charge in [-0.15, -0.1) is 0 Å². The molecule has 5 heteroatoms. The third-order valence-corrected chi connectivity index (χ3v) is 1.95. The maximum Gasteiger partial charge on any atom is 0.334 e. The second-order valence-electron chi connectivity index (χ2n) is 3.31. The summed E-state index contributed by atoms with van der Waals surface area (Å²) < 4.78 is 5.03. The van der Waals surface area contributed by atoms with E-state index in [2.05, 4.69) is 0 Å². The Balaban J connectivity index is 2.37. The molecule has 0 radical (unpaired) electrons. The number of aliphatic hydroxyl groups is 1. The fourth-order valence-electron chi connectivity index (χ4n) is 1.39. The largest absolute Gasteiger partial charge is 0.479 e. The zero-order valence-electron chi connectivity index (χ0n) is 7.64. The lowest BCUT2D eigenvalue weighted by Gasteiger charge is -2.31. The van der Waals surface area contributed by atoms with E-state index in [0.717, 1.165) is 0 Å². The van der Waals surface area contributed by atoms with Crippen LogP contribution < -0.4 is 0 Å². The number of morpholine rings is 1. The summed E-state index contributed by atoms with van der Waals surface area (Å²) >= 11 is 0. The van der Waals surface area contributed by atoms with E-state index in [-0.39, 0.29) is 0 Å². The first-order valence-electron chi connectivity index (χ1n) is 4.34. The molecule has 0 spiro atoms. The van der Waals surface area contributed by atoms with Gasteiger partial charge < -0.3 is 14.9 Å². The van der Waals surface area contributed by atoms with Crippen LogP contribution in [-0.2, 0) is 9.53 Å². The fourth-order valence-corrected chi connectivity index (χ4v) is 1.39. The molecule has 1 fully saturated rings. The number of β-amino-alcohol motifs (C(OH)–C–C–N with tert-alkyl or cyclic N) is 1. The third-order valence-electron chi connectivity index (χ3n) is 1.95. The van der Waals surface area contributed by atoms with E-state index in [4.69, 9.17) is 14.9 Å². The van der Waals surface area contributed by atoms with Crippen LogP contribution in [-0.4, -0.2) is 59.5 Å². The minimum Gasteiger partial charge on any atom is -0.479 e. The molecule has 0 bridgehead atoms. The second kappa shape index (κ2) is 4.55. The van der Waals surface area contributed by atoms with Crippen LogP contribution in [0.25, 0.3) is 0 Å². The third kappa shape index (κ3) is 3.30. The molecule has 5 nitrogen and oxygen atoms in total. The molecule has 0 aliphatic carbocycles. The maximum atomic E-state index is 10.6. The summed E-state index contributed by atoms with van der Waals surface area (Å²) in [5.41, 5.74) is 0. The van der Waals surface area contributed by atoms with Gasteiger partial charge in [-0.1, -0.05) is 0 Å². The van der Waals surface area contributed by atoms with Gasteiger partial charge in [0.15, 0.2) is 6.10 Å². The Morgan fingerprint density at radius 1 is 1.77 bits per heavy atom. The molecule has 2 atom stereocenters. The van der Waals surface area contributed by atoms with Crippen molar-refractivity contribution in [1.82, 2.24) is 4.90 Å². The van der Waals surface area contributed by atoms with Crippen LogP contribution >= 0.6 is 0 Å².